The van der Waals surface area contributed by atoms with Gasteiger partial charge in [0.2, 0.25) is 11.9 Å². The second-order valence-corrected chi connectivity index (χ2v) is 10.0. The van der Waals surface area contributed by atoms with Gasteiger partial charge in [-0.25, -0.2) is 4.79 Å². The van der Waals surface area contributed by atoms with Crippen molar-refractivity contribution < 1.29 is 14.3 Å². The van der Waals surface area contributed by atoms with Gasteiger partial charge in [0, 0.05) is 25.7 Å². The van der Waals surface area contributed by atoms with Gasteiger partial charge in [-0.05, 0) is 56.2 Å². The van der Waals surface area contributed by atoms with Gasteiger partial charge in [0.05, 0.1) is 17.9 Å². The van der Waals surface area contributed by atoms with E-state index < -0.39 is 0 Å². The van der Waals surface area contributed by atoms with Crippen LogP contribution in [0.25, 0.3) is 0 Å². The van der Waals surface area contributed by atoms with Crippen LogP contribution in [-0.4, -0.2) is 52.1 Å². The maximum atomic E-state index is 12.7. The summed E-state index contributed by atoms with van der Waals surface area (Å²) in [6, 6.07) is 7.49. The van der Waals surface area contributed by atoms with Gasteiger partial charge < -0.3 is 15.0 Å². The number of thioether (sulfide) groups is 1. The molecule has 1 saturated heterocycles. The van der Waals surface area contributed by atoms with Crippen molar-refractivity contribution in [2.24, 2.45) is 5.92 Å². The van der Waals surface area contributed by atoms with Gasteiger partial charge in [-0.15, -0.1) is 10.2 Å². The van der Waals surface area contributed by atoms with Crippen molar-refractivity contribution in [3.05, 3.63) is 35.4 Å². The highest BCUT2D eigenvalue weighted by molar-refractivity contribution is 8.00. The highest BCUT2D eigenvalue weighted by atomic mass is 32.2. The van der Waals surface area contributed by atoms with E-state index in [0.29, 0.717) is 18.2 Å². The Morgan fingerprint density at radius 3 is 2.47 bits per heavy atom. The summed E-state index contributed by atoms with van der Waals surface area (Å²) in [7, 11) is 1.36. The number of hydrogen-bond donors (Lipinski definition) is 1. The smallest absolute Gasteiger partial charge is 0.337 e. The van der Waals surface area contributed by atoms with E-state index in [4.69, 9.17) is 4.74 Å². The van der Waals surface area contributed by atoms with Gasteiger partial charge in [-0.2, -0.15) is 0 Å². The Morgan fingerprint density at radius 1 is 1.16 bits per heavy atom. The Kier molecular flexibility index (Phi) is 7.03. The molecule has 0 bridgehead atoms. The molecule has 0 radical (unpaired) electrons. The second-order valence-electron chi connectivity index (χ2n) is 8.72. The molecule has 1 N–H and O–H groups in total. The maximum Gasteiger partial charge on any atom is 0.337 e. The number of nitrogens with one attached hydrogen (secondary N) is 1. The summed E-state index contributed by atoms with van der Waals surface area (Å²) in [6.45, 7) is 6.63. The molecule has 1 unspecified atom stereocenters. The van der Waals surface area contributed by atoms with Crippen molar-refractivity contribution in [3.63, 3.8) is 0 Å². The lowest BCUT2D eigenvalue weighted by Crippen LogP contribution is -2.35. The predicted octanol–water partition coefficient (Wildman–Crippen LogP) is 3.43. The molecule has 1 amide bonds. The van der Waals surface area contributed by atoms with Crippen LogP contribution in [0.5, 0.6) is 0 Å². The molecule has 2 aromatic rings. The summed E-state index contributed by atoms with van der Waals surface area (Å²) in [5.74, 6) is 1.30. The number of benzene rings is 1. The molecule has 1 aliphatic heterocycles. The Balaban J connectivity index is 1.35. The summed E-state index contributed by atoms with van der Waals surface area (Å²) in [5.41, 5.74) is 1.41. The normalized spacial score (nSPS) is 17.8. The van der Waals surface area contributed by atoms with E-state index in [0.717, 1.165) is 48.5 Å². The van der Waals surface area contributed by atoms with Crippen LogP contribution in [0.4, 0.5) is 5.95 Å². The fraction of sp³-hybridized carbons (Fsp3) is 0.565. The number of anilines is 1. The molecule has 172 valence electrons. The first-order chi connectivity index (χ1) is 15.5. The Labute approximate surface area is 193 Å². The van der Waals surface area contributed by atoms with Crippen LogP contribution in [0.3, 0.4) is 0 Å². The van der Waals surface area contributed by atoms with Crippen LogP contribution in [0.1, 0.15) is 61.5 Å². The zero-order chi connectivity index (χ0) is 22.7. The quantitative estimate of drug-likeness (QED) is 0.480. The van der Waals surface area contributed by atoms with Crippen molar-refractivity contribution in [1.29, 1.82) is 0 Å². The lowest BCUT2D eigenvalue weighted by atomic mass is 10.00. The number of esters is 1. The number of amides is 1. The van der Waals surface area contributed by atoms with Gasteiger partial charge in [0.1, 0.15) is 0 Å². The number of carbonyl (C=O) groups is 2. The molecule has 1 aromatic carbocycles. The maximum absolute atomic E-state index is 12.7. The minimum absolute atomic E-state index is 0.0502. The van der Waals surface area contributed by atoms with Crippen LogP contribution < -0.4 is 10.2 Å². The summed E-state index contributed by atoms with van der Waals surface area (Å²) < 4.78 is 6.96. The van der Waals surface area contributed by atoms with Crippen LogP contribution in [0.15, 0.2) is 29.4 Å². The molecule has 0 spiro atoms. The number of methoxy groups -OCH3 is 1. The van der Waals surface area contributed by atoms with Gasteiger partial charge >= 0.3 is 5.97 Å². The topological polar surface area (TPSA) is 89.3 Å². The standard InChI is InChI=1S/C23H31N5O3S/c1-15-10-12-27(13-11-15)22-25-26-23(28(22)19-8-9-19)32-16(2)20(29)24-14-17-4-6-18(7-5-17)21(30)31-3/h4-7,15-16,19H,8-14H2,1-3H3,(H,24,29). The number of aromatic nitrogens is 3. The summed E-state index contributed by atoms with van der Waals surface area (Å²) in [5, 5.41) is 12.5. The Hall–Kier alpha value is -2.55. The second kappa shape index (κ2) is 9.94. The molecular weight excluding hydrogens is 426 g/mol. The van der Waals surface area contributed by atoms with Crippen LogP contribution in [0, 0.1) is 5.92 Å². The average molecular weight is 458 g/mol. The van der Waals surface area contributed by atoms with E-state index in [-0.39, 0.29) is 17.1 Å². The fourth-order valence-electron chi connectivity index (χ4n) is 3.85. The third-order valence-electron chi connectivity index (χ3n) is 6.12. The SMILES string of the molecule is COC(=O)c1ccc(CNC(=O)C(C)Sc2nnc(N3CCC(C)CC3)n2C2CC2)cc1. The molecule has 1 atom stereocenters. The largest absolute Gasteiger partial charge is 0.465 e. The lowest BCUT2D eigenvalue weighted by molar-refractivity contribution is -0.120. The van der Waals surface area contributed by atoms with Crippen molar-refractivity contribution in [3.8, 4) is 0 Å². The minimum atomic E-state index is -0.371. The number of rotatable bonds is 8. The zero-order valence-corrected chi connectivity index (χ0v) is 19.7. The Bertz CT molecular complexity index is 949. The van der Waals surface area contributed by atoms with Crippen LogP contribution in [0.2, 0.25) is 0 Å². The molecule has 1 aromatic heterocycles. The van der Waals surface area contributed by atoms with E-state index in [1.807, 2.05) is 19.1 Å². The van der Waals surface area contributed by atoms with Gasteiger partial charge in [-0.1, -0.05) is 30.8 Å². The number of nitrogens with zero attached hydrogens (tertiary/aromatic N) is 4. The predicted molar refractivity (Wildman–Crippen MR) is 124 cm³/mol. The van der Waals surface area contributed by atoms with E-state index in [1.165, 1.54) is 31.7 Å². The summed E-state index contributed by atoms with van der Waals surface area (Å²) in [4.78, 5) is 26.6. The monoisotopic (exact) mass is 457 g/mol. The van der Waals surface area contributed by atoms with E-state index >= 15 is 0 Å². The van der Waals surface area contributed by atoms with E-state index in [9.17, 15) is 9.59 Å². The summed E-state index contributed by atoms with van der Waals surface area (Å²) in [6.07, 6.45) is 4.65. The summed E-state index contributed by atoms with van der Waals surface area (Å²) >= 11 is 1.47. The molecule has 2 heterocycles. The highest BCUT2D eigenvalue weighted by Crippen LogP contribution is 2.42. The molecule has 2 fully saturated rings. The number of ether oxygens (including phenoxy) is 1. The first-order valence-corrected chi connectivity index (χ1v) is 12.2. The van der Waals surface area contributed by atoms with Gasteiger partial charge in [0.15, 0.2) is 5.16 Å². The minimum Gasteiger partial charge on any atom is -0.465 e. The van der Waals surface area contributed by atoms with Crippen molar-refractivity contribution >= 4 is 29.6 Å². The third kappa shape index (κ3) is 5.26. The van der Waals surface area contributed by atoms with Crippen molar-refractivity contribution in [1.82, 2.24) is 20.1 Å². The van der Waals surface area contributed by atoms with Crippen LogP contribution in [-0.2, 0) is 16.1 Å². The number of hydrogen-bond acceptors (Lipinski definition) is 7. The molecule has 9 heteroatoms. The third-order valence-corrected chi connectivity index (χ3v) is 7.18. The molecule has 2 aliphatic rings. The number of piperidine rings is 1. The van der Waals surface area contributed by atoms with Gasteiger partial charge in [0.25, 0.3) is 0 Å². The Morgan fingerprint density at radius 2 is 1.84 bits per heavy atom. The van der Waals surface area contributed by atoms with Crippen LogP contribution >= 0.6 is 11.8 Å². The molecular formula is C23H31N5O3S. The van der Waals surface area contributed by atoms with Crippen molar-refractivity contribution in [2.45, 2.75) is 62.5 Å². The molecule has 1 saturated carbocycles. The van der Waals surface area contributed by atoms with Gasteiger partial charge in [-0.3, -0.25) is 9.36 Å². The lowest BCUT2D eigenvalue weighted by Gasteiger charge is -2.31. The van der Waals surface area contributed by atoms with E-state index in [2.05, 4.69) is 31.9 Å². The average Bonchev–Trinajstić information content (AvgIpc) is 3.57. The molecule has 1 aliphatic carbocycles. The molecule has 8 nitrogen and oxygen atoms in total. The fourth-order valence-corrected chi connectivity index (χ4v) is 4.79. The molecule has 32 heavy (non-hydrogen) atoms. The number of carbonyl (C=O) groups excluding carboxylic acids is 2. The van der Waals surface area contributed by atoms with E-state index in [1.54, 1.807) is 12.1 Å². The first kappa shape index (κ1) is 22.6. The highest BCUT2D eigenvalue weighted by Gasteiger charge is 2.33. The van der Waals surface area contributed by atoms with Crippen molar-refractivity contribution in [2.75, 3.05) is 25.1 Å². The first-order valence-electron chi connectivity index (χ1n) is 11.3. The zero-order valence-electron chi connectivity index (χ0n) is 18.9. The molecule has 4 rings (SSSR count).